The zero-order valence-corrected chi connectivity index (χ0v) is 12.6. The van der Waals surface area contributed by atoms with Crippen LogP contribution in [-0.4, -0.2) is 36.7 Å². The van der Waals surface area contributed by atoms with E-state index in [1.54, 1.807) is 19.1 Å². The maximum atomic E-state index is 13.2. The maximum Gasteiger partial charge on any atom is 0.407 e. The fourth-order valence-corrected chi connectivity index (χ4v) is 2.93. The van der Waals surface area contributed by atoms with Crippen molar-refractivity contribution in [2.75, 3.05) is 19.7 Å². The van der Waals surface area contributed by atoms with E-state index in [1.165, 1.54) is 6.07 Å². The van der Waals surface area contributed by atoms with E-state index >= 15 is 0 Å². The molecule has 1 amide bonds. The summed E-state index contributed by atoms with van der Waals surface area (Å²) in [6.45, 7) is 6.75. The summed E-state index contributed by atoms with van der Waals surface area (Å²) in [6, 6.07) is 6.75. The molecule has 1 fully saturated rings. The highest BCUT2D eigenvalue weighted by atomic mass is 19.1. The average molecular weight is 294 g/mol. The molecule has 1 heterocycles. The summed E-state index contributed by atoms with van der Waals surface area (Å²) in [5.41, 5.74) is 0.957. The predicted octanol–water partition coefficient (Wildman–Crippen LogP) is 2.78. The summed E-state index contributed by atoms with van der Waals surface area (Å²) in [4.78, 5) is 13.8. The number of alkyl carbamates (subject to hydrolysis) is 1. The molecule has 1 aromatic carbocycles. The minimum Gasteiger partial charge on any atom is -0.450 e. The third-order valence-corrected chi connectivity index (χ3v) is 3.63. The number of hydrogen-bond acceptors (Lipinski definition) is 3. The number of amides is 1. The van der Waals surface area contributed by atoms with Gasteiger partial charge in [0.1, 0.15) is 5.82 Å². The van der Waals surface area contributed by atoms with Crippen molar-refractivity contribution in [3.63, 3.8) is 0 Å². The normalized spacial score (nSPS) is 22.8. The van der Waals surface area contributed by atoms with E-state index in [4.69, 9.17) is 4.74 Å². The molecular formula is C16H23FN2O2. The van der Waals surface area contributed by atoms with Gasteiger partial charge in [-0.25, -0.2) is 9.18 Å². The Morgan fingerprint density at radius 2 is 2.29 bits per heavy atom. The summed E-state index contributed by atoms with van der Waals surface area (Å²) in [5.74, 6) is 0.276. The van der Waals surface area contributed by atoms with Gasteiger partial charge in [-0.3, -0.25) is 4.90 Å². The van der Waals surface area contributed by atoms with Gasteiger partial charge in [-0.15, -0.1) is 0 Å². The molecule has 2 unspecified atom stereocenters. The number of ether oxygens (including phenoxy) is 1. The lowest BCUT2D eigenvalue weighted by molar-refractivity contribution is 0.118. The number of nitrogens with one attached hydrogen (secondary N) is 1. The van der Waals surface area contributed by atoms with Gasteiger partial charge in [0.05, 0.1) is 6.61 Å². The highest BCUT2D eigenvalue weighted by Gasteiger charge is 2.26. The van der Waals surface area contributed by atoms with E-state index in [9.17, 15) is 9.18 Å². The minimum atomic E-state index is -0.359. The number of carbonyl (C=O) groups excluding carboxylic acids is 1. The van der Waals surface area contributed by atoms with E-state index < -0.39 is 0 Å². The molecule has 1 aliphatic rings. The Kier molecular flexibility index (Phi) is 5.56. The van der Waals surface area contributed by atoms with Gasteiger partial charge in [-0.1, -0.05) is 19.1 Å². The molecular weight excluding hydrogens is 271 g/mol. The number of benzene rings is 1. The van der Waals surface area contributed by atoms with Crippen LogP contribution in [0, 0.1) is 11.7 Å². The zero-order chi connectivity index (χ0) is 15.2. The molecule has 2 atom stereocenters. The van der Waals surface area contributed by atoms with Gasteiger partial charge in [0.2, 0.25) is 0 Å². The molecule has 0 radical (unpaired) electrons. The number of carbonyl (C=O) groups is 1. The van der Waals surface area contributed by atoms with Crippen molar-refractivity contribution in [1.29, 1.82) is 0 Å². The smallest absolute Gasteiger partial charge is 0.407 e. The predicted molar refractivity (Wildman–Crippen MR) is 79.4 cm³/mol. The van der Waals surface area contributed by atoms with Crippen LogP contribution in [0.2, 0.25) is 0 Å². The summed E-state index contributed by atoms with van der Waals surface area (Å²) in [5, 5.41) is 2.90. The molecule has 1 saturated heterocycles. The van der Waals surface area contributed by atoms with Crippen LogP contribution in [0.3, 0.4) is 0 Å². The second-order valence-corrected chi connectivity index (χ2v) is 5.73. The lowest BCUT2D eigenvalue weighted by atomic mass is 9.95. The Hall–Kier alpha value is -1.62. The first-order valence-corrected chi connectivity index (χ1v) is 7.47. The van der Waals surface area contributed by atoms with E-state index in [2.05, 4.69) is 17.1 Å². The number of halogens is 1. The second kappa shape index (κ2) is 7.41. The fourth-order valence-electron chi connectivity index (χ4n) is 2.93. The van der Waals surface area contributed by atoms with Crippen molar-refractivity contribution in [1.82, 2.24) is 10.2 Å². The zero-order valence-electron chi connectivity index (χ0n) is 12.6. The highest BCUT2D eigenvalue weighted by Crippen LogP contribution is 2.19. The van der Waals surface area contributed by atoms with Crippen molar-refractivity contribution >= 4 is 6.09 Å². The van der Waals surface area contributed by atoms with Crippen LogP contribution in [0.4, 0.5) is 9.18 Å². The minimum absolute atomic E-state index is 0.0846. The largest absolute Gasteiger partial charge is 0.450 e. The van der Waals surface area contributed by atoms with Gasteiger partial charge < -0.3 is 10.1 Å². The summed E-state index contributed by atoms with van der Waals surface area (Å²) < 4.78 is 18.2. The molecule has 0 saturated carbocycles. The Morgan fingerprint density at radius 3 is 3.00 bits per heavy atom. The van der Waals surface area contributed by atoms with E-state index in [0.717, 1.165) is 25.1 Å². The Balaban J connectivity index is 1.92. The third kappa shape index (κ3) is 5.01. The van der Waals surface area contributed by atoms with Crippen LogP contribution in [-0.2, 0) is 11.3 Å². The van der Waals surface area contributed by atoms with Gasteiger partial charge in [0.25, 0.3) is 0 Å². The molecule has 0 spiro atoms. The third-order valence-electron chi connectivity index (χ3n) is 3.63. The molecule has 1 aliphatic heterocycles. The molecule has 0 aromatic heterocycles. The first kappa shape index (κ1) is 15.8. The number of piperidine rings is 1. The number of nitrogens with zero attached hydrogens (tertiary/aromatic N) is 1. The monoisotopic (exact) mass is 294 g/mol. The van der Waals surface area contributed by atoms with Crippen LogP contribution in [0.5, 0.6) is 0 Å². The highest BCUT2D eigenvalue weighted by molar-refractivity contribution is 5.67. The Labute approximate surface area is 125 Å². The van der Waals surface area contributed by atoms with Gasteiger partial charge in [0, 0.05) is 25.7 Å². The van der Waals surface area contributed by atoms with Crippen LogP contribution >= 0.6 is 0 Å². The lowest BCUT2D eigenvalue weighted by Crippen LogP contribution is -2.50. The Bertz CT molecular complexity index is 481. The summed E-state index contributed by atoms with van der Waals surface area (Å²) >= 11 is 0. The fraction of sp³-hybridized carbons (Fsp3) is 0.562. The quantitative estimate of drug-likeness (QED) is 0.928. The summed E-state index contributed by atoms with van der Waals surface area (Å²) in [7, 11) is 0. The van der Waals surface area contributed by atoms with Crippen molar-refractivity contribution in [3.05, 3.63) is 35.6 Å². The first-order valence-electron chi connectivity index (χ1n) is 7.47. The molecule has 1 aromatic rings. The molecule has 0 bridgehead atoms. The number of rotatable bonds is 4. The topological polar surface area (TPSA) is 41.6 Å². The number of likely N-dealkylation sites (tertiary alicyclic amines) is 1. The SMILES string of the molecule is CCOC(=O)NC1CC(C)CN(Cc2cccc(F)c2)C1. The van der Waals surface area contributed by atoms with E-state index in [-0.39, 0.29) is 18.0 Å². The van der Waals surface area contributed by atoms with Gasteiger partial charge in [-0.05, 0) is 37.0 Å². The molecule has 1 N–H and O–H groups in total. The van der Waals surface area contributed by atoms with Gasteiger partial charge in [-0.2, -0.15) is 0 Å². The standard InChI is InChI=1S/C16H23FN2O2/c1-3-21-16(20)18-15-7-12(2)9-19(11-15)10-13-5-4-6-14(17)8-13/h4-6,8,12,15H,3,7,9-11H2,1-2H3,(H,18,20). The molecule has 21 heavy (non-hydrogen) atoms. The lowest BCUT2D eigenvalue weighted by Gasteiger charge is -2.36. The number of hydrogen-bond donors (Lipinski definition) is 1. The molecule has 0 aliphatic carbocycles. The second-order valence-electron chi connectivity index (χ2n) is 5.73. The molecule has 2 rings (SSSR count). The van der Waals surface area contributed by atoms with Crippen molar-refractivity contribution in [2.24, 2.45) is 5.92 Å². The van der Waals surface area contributed by atoms with Crippen LogP contribution in [0.1, 0.15) is 25.8 Å². The van der Waals surface area contributed by atoms with Gasteiger partial charge in [0.15, 0.2) is 0 Å². The maximum absolute atomic E-state index is 13.2. The van der Waals surface area contributed by atoms with Gasteiger partial charge >= 0.3 is 6.09 Å². The van der Waals surface area contributed by atoms with Crippen LogP contribution < -0.4 is 5.32 Å². The van der Waals surface area contributed by atoms with Crippen LogP contribution in [0.15, 0.2) is 24.3 Å². The average Bonchev–Trinajstić information content (AvgIpc) is 2.38. The van der Waals surface area contributed by atoms with Crippen molar-refractivity contribution < 1.29 is 13.9 Å². The van der Waals surface area contributed by atoms with Crippen molar-refractivity contribution in [3.8, 4) is 0 Å². The van der Waals surface area contributed by atoms with Crippen LogP contribution in [0.25, 0.3) is 0 Å². The molecule has 116 valence electrons. The van der Waals surface area contributed by atoms with Crippen molar-refractivity contribution in [2.45, 2.75) is 32.9 Å². The molecule has 5 heteroatoms. The van der Waals surface area contributed by atoms with E-state index in [1.807, 2.05) is 6.07 Å². The van der Waals surface area contributed by atoms with E-state index in [0.29, 0.717) is 19.1 Å². The molecule has 4 nitrogen and oxygen atoms in total. The Morgan fingerprint density at radius 1 is 1.48 bits per heavy atom. The summed E-state index contributed by atoms with van der Waals surface area (Å²) in [6.07, 6.45) is 0.584. The first-order chi connectivity index (χ1) is 10.1.